The molecule has 0 N–H and O–H groups in total. The van der Waals surface area contributed by atoms with Crippen molar-refractivity contribution < 1.29 is 4.79 Å². The first-order valence-electron chi connectivity index (χ1n) is 6.22. The molecule has 1 unspecified atom stereocenters. The van der Waals surface area contributed by atoms with Crippen molar-refractivity contribution in [3.05, 3.63) is 35.9 Å². The number of aliphatic imine (C=N–C) groups is 2. The molecule has 1 atom stereocenters. The summed E-state index contributed by atoms with van der Waals surface area (Å²) in [5, 5.41) is 0. The molecule has 5 heteroatoms. The molecular formula is C14H16ClN3O. The summed E-state index contributed by atoms with van der Waals surface area (Å²) in [7, 11) is 0. The van der Waals surface area contributed by atoms with Gasteiger partial charge in [-0.25, -0.2) is 9.98 Å². The number of fused-ring (bicyclic) bond motifs is 1. The molecule has 2 aliphatic rings. The molecule has 2 aliphatic heterocycles. The number of hydrogen-bond acceptors (Lipinski definition) is 3. The smallest absolute Gasteiger partial charge is 0.256 e. The summed E-state index contributed by atoms with van der Waals surface area (Å²) >= 11 is 0. The Labute approximate surface area is 118 Å². The fourth-order valence-corrected chi connectivity index (χ4v) is 2.52. The number of carbonyl (C=O) groups is 1. The van der Waals surface area contributed by atoms with E-state index in [4.69, 9.17) is 0 Å². The summed E-state index contributed by atoms with van der Waals surface area (Å²) < 4.78 is 0. The van der Waals surface area contributed by atoms with Gasteiger partial charge in [0.2, 0.25) is 0 Å². The largest absolute Gasteiger partial charge is 0.294 e. The van der Waals surface area contributed by atoms with Crippen LogP contribution in [0.2, 0.25) is 0 Å². The van der Waals surface area contributed by atoms with Crippen LogP contribution in [-0.2, 0) is 11.3 Å². The van der Waals surface area contributed by atoms with Gasteiger partial charge in [-0.1, -0.05) is 30.3 Å². The summed E-state index contributed by atoms with van der Waals surface area (Å²) in [6.07, 6.45) is 2.22. The minimum atomic E-state index is -0.0676. The number of likely N-dealkylation sites (tertiary alicyclic amines) is 1. The second kappa shape index (κ2) is 6.08. The number of amides is 1. The number of halogens is 1. The SMILES string of the molecule is Cl.O=C1N=CN=C2CN(Cc3ccccc3)CCC12. The third kappa shape index (κ3) is 3.08. The van der Waals surface area contributed by atoms with Crippen LogP contribution in [0.25, 0.3) is 0 Å². The van der Waals surface area contributed by atoms with E-state index in [1.165, 1.54) is 11.9 Å². The molecule has 1 aromatic carbocycles. The predicted molar refractivity (Wildman–Crippen MR) is 78.0 cm³/mol. The van der Waals surface area contributed by atoms with Gasteiger partial charge in [0.25, 0.3) is 5.91 Å². The Morgan fingerprint density at radius 1 is 1.26 bits per heavy atom. The number of benzene rings is 1. The lowest BCUT2D eigenvalue weighted by Gasteiger charge is -2.32. The first-order valence-corrected chi connectivity index (χ1v) is 6.22. The van der Waals surface area contributed by atoms with E-state index >= 15 is 0 Å². The molecule has 0 aromatic heterocycles. The molecule has 0 radical (unpaired) electrons. The van der Waals surface area contributed by atoms with Gasteiger partial charge in [0.1, 0.15) is 6.34 Å². The Kier molecular flexibility index (Phi) is 4.45. The molecule has 0 saturated carbocycles. The van der Waals surface area contributed by atoms with Crippen LogP contribution in [0.15, 0.2) is 40.3 Å². The van der Waals surface area contributed by atoms with Crippen molar-refractivity contribution >= 4 is 30.4 Å². The minimum absolute atomic E-state index is 0. The highest BCUT2D eigenvalue weighted by Crippen LogP contribution is 2.20. The van der Waals surface area contributed by atoms with E-state index in [-0.39, 0.29) is 24.2 Å². The van der Waals surface area contributed by atoms with Crippen LogP contribution in [-0.4, -0.2) is 35.9 Å². The second-order valence-corrected chi connectivity index (χ2v) is 4.74. The molecule has 1 aromatic rings. The van der Waals surface area contributed by atoms with Gasteiger partial charge >= 0.3 is 0 Å². The minimum Gasteiger partial charge on any atom is -0.294 e. The van der Waals surface area contributed by atoms with Crippen LogP contribution in [0.4, 0.5) is 0 Å². The van der Waals surface area contributed by atoms with Gasteiger partial charge in [-0.2, -0.15) is 0 Å². The Morgan fingerprint density at radius 3 is 2.84 bits per heavy atom. The van der Waals surface area contributed by atoms with E-state index in [0.29, 0.717) is 0 Å². The standard InChI is InChI=1S/C14H15N3O.ClH/c18-14-12-6-7-17(9-13(12)15-10-16-14)8-11-4-2-1-3-5-11;/h1-5,10,12H,6-9H2;1H. The van der Waals surface area contributed by atoms with Crippen molar-refractivity contribution in [2.45, 2.75) is 13.0 Å². The third-order valence-corrected chi connectivity index (χ3v) is 3.48. The Hall–Kier alpha value is -1.52. The molecule has 0 aliphatic carbocycles. The second-order valence-electron chi connectivity index (χ2n) is 4.74. The number of carbonyl (C=O) groups excluding carboxylic acids is 1. The van der Waals surface area contributed by atoms with Gasteiger partial charge in [-0.15, -0.1) is 12.4 Å². The van der Waals surface area contributed by atoms with Crippen molar-refractivity contribution in [3.8, 4) is 0 Å². The van der Waals surface area contributed by atoms with Crippen LogP contribution < -0.4 is 0 Å². The van der Waals surface area contributed by atoms with Crippen molar-refractivity contribution in [2.75, 3.05) is 13.1 Å². The zero-order chi connectivity index (χ0) is 12.4. The molecule has 0 bridgehead atoms. The van der Waals surface area contributed by atoms with Crippen LogP contribution in [0.3, 0.4) is 0 Å². The van der Waals surface area contributed by atoms with E-state index in [1.807, 2.05) is 6.07 Å². The molecule has 19 heavy (non-hydrogen) atoms. The molecule has 1 amide bonds. The maximum Gasteiger partial charge on any atom is 0.256 e. The molecule has 2 heterocycles. The zero-order valence-corrected chi connectivity index (χ0v) is 11.3. The topological polar surface area (TPSA) is 45.0 Å². The molecule has 100 valence electrons. The van der Waals surface area contributed by atoms with Gasteiger partial charge in [0.15, 0.2) is 0 Å². The van der Waals surface area contributed by atoms with Gasteiger partial charge in [-0.05, 0) is 12.0 Å². The van der Waals surface area contributed by atoms with E-state index in [9.17, 15) is 4.79 Å². The molecule has 4 nitrogen and oxygen atoms in total. The molecule has 1 fully saturated rings. The maximum atomic E-state index is 11.6. The van der Waals surface area contributed by atoms with E-state index in [2.05, 4.69) is 39.2 Å². The zero-order valence-electron chi connectivity index (χ0n) is 10.5. The first kappa shape index (κ1) is 13.9. The highest BCUT2D eigenvalue weighted by atomic mass is 35.5. The average molecular weight is 278 g/mol. The molecule has 3 rings (SSSR count). The molecular weight excluding hydrogens is 262 g/mol. The lowest BCUT2D eigenvalue weighted by atomic mass is 9.93. The number of piperidine rings is 1. The summed E-state index contributed by atoms with van der Waals surface area (Å²) in [5.74, 6) is -0.0959. The lowest BCUT2D eigenvalue weighted by molar-refractivity contribution is -0.120. The Morgan fingerprint density at radius 2 is 2.05 bits per heavy atom. The lowest BCUT2D eigenvalue weighted by Crippen LogP contribution is -2.44. The fraction of sp³-hybridized carbons (Fsp3) is 0.357. The quantitative estimate of drug-likeness (QED) is 0.829. The summed E-state index contributed by atoms with van der Waals surface area (Å²) in [4.78, 5) is 21.9. The van der Waals surface area contributed by atoms with Crippen LogP contribution in [0, 0.1) is 5.92 Å². The van der Waals surface area contributed by atoms with Gasteiger partial charge in [0.05, 0.1) is 5.92 Å². The van der Waals surface area contributed by atoms with Crippen LogP contribution in [0.5, 0.6) is 0 Å². The van der Waals surface area contributed by atoms with E-state index in [1.54, 1.807) is 0 Å². The van der Waals surface area contributed by atoms with Crippen LogP contribution in [0.1, 0.15) is 12.0 Å². The van der Waals surface area contributed by atoms with Crippen molar-refractivity contribution in [1.82, 2.24) is 4.90 Å². The normalized spacial score (nSPS) is 22.4. The predicted octanol–water partition coefficient (Wildman–Crippen LogP) is 1.94. The van der Waals surface area contributed by atoms with Crippen molar-refractivity contribution in [3.63, 3.8) is 0 Å². The summed E-state index contributed by atoms with van der Waals surface area (Å²) in [5.41, 5.74) is 2.27. The number of hydrogen-bond donors (Lipinski definition) is 0. The third-order valence-electron chi connectivity index (χ3n) is 3.48. The highest BCUT2D eigenvalue weighted by Gasteiger charge is 2.31. The van der Waals surface area contributed by atoms with Crippen molar-refractivity contribution in [2.24, 2.45) is 15.9 Å². The summed E-state index contributed by atoms with van der Waals surface area (Å²) in [6, 6.07) is 10.4. The molecule has 1 saturated heterocycles. The van der Waals surface area contributed by atoms with Gasteiger partial charge in [-0.3, -0.25) is 9.69 Å². The Balaban J connectivity index is 0.00000133. The van der Waals surface area contributed by atoms with Gasteiger partial charge < -0.3 is 0 Å². The van der Waals surface area contributed by atoms with E-state index in [0.717, 1.165) is 31.8 Å². The number of nitrogens with zero attached hydrogens (tertiary/aromatic N) is 3. The average Bonchev–Trinajstić information content (AvgIpc) is 2.40. The highest BCUT2D eigenvalue weighted by molar-refractivity contribution is 6.12. The summed E-state index contributed by atoms with van der Waals surface area (Å²) in [6.45, 7) is 2.62. The van der Waals surface area contributed by atoms with Gasteiger partial charge in [0, 0.05) is 25.3 Å². The Bertz CT molecular complexity index is 513. The fourth-order valence-electron chi connectivity index (χ4n) is 2.52. The van der Waals surface area contributed by atoms with Crippen LogP contribution >= 0.6 is 12.4 Å². The van der Waals surface area contributed by atoms with Crippen molar-refractivity contribution in [1.29, 1.82) is 0 Å². The number of rotatable bonds is 2. The van der Waals surface area contributed by atoms with E-state index < -0.39 is 0 Å². The molecule has 0 spiro atoms. The maximum absolute atomic E-state index is 11.6. The first-order chi connectivity index (χ1) is 8.83. The monoisotopic (exact) mass is 277 g/mol.